The quantitative estimate of drug-likeness (QED) is 0.540. The first-order valence-corrected chi connectivity index (χ1v) is 8.14. The third kappa shape index (κ3) is 9.64. The van der Waals surface area contributed by atoms with Crippen molar-refractivity contribution in [2.24, 2.45) is 5.92 Å². The van der Waals surface area contributed by atoms with Crippen LogP contribution in [0.5, 0.6) is 0 Å². The topological polar surface area (TPSA) is 78.4 Å². The highest BCUT2D eigenvalue weighted by Gasteiger charge is 2.20. The van der Waals surface area contributed by atoms with Crippen LogP contribution in [-0.2, 0) is 4.79 Å². The van der Waals surface area contributed by atoms with E-state index in [1.165, 1.54) is 18.6 Å². The van der Waals surface area contributed by atoms with E-state index in [1.54, 1.807) is 13.8 Å². The molecule has 19 heavy (non-hydrogen) atoms. The van der Waals surface area contributed by atoms with Gasteiger partial charge in [-0.05, 0) is 38.7 Å². The smallest absolute Gasteiger partial charge is 0.315 e. The molecule has 0 heterocycles. The molecule has 0 aliphatic heterocycles. The summed E-state index contributed by atoms with van der Waals surface area (Å²) in [6.07, 6.45) is 6.59. The SMILES string of the molecule is CSCCCCCCNC(=O)NC(C)C(C)C(=O)O. The van der Waals surface area contributed by atoms with E-state index in [0.717, 1.165) is 12.8 Å². The lowest BCUT2D eigenvalue weighted by Crippen LogP contribution is -2.45. The molecule has 0 saturated carbocycles. The molecule has 5 nitrogen and oxygen atoms in total. The van der Waals surface area contributed by atoms with Crippen molar-refractivity contribution in [1.29, 1.82) is 0 Å². The van der Waals surface area contributed by atoms with Crippen LogP contribution in [0.25, 0.3) is 0 Å². The van der Waals surface area contributed by atoms with Gasteiger partial charge >= 0.3 is 12.0 Å². The first kappa shape index (κ1) is 18.1. The zero-order valence-corrected chi connectivity index (χ0v) is 12.9. The molecule has 0 rings (SSSR count). The highest BCUT2D eigenvalue weighted by atomic mass is 32.2. The van der Waals surface area contributed by atoms with Crippen molar-refractivity contribution in [1.82, 2.24) is 10.6 Å². The summed E-state index contributed by atoms with van der Waals surface area (Å²) in [5.41, 5.74) is 0. The summed E-state index contributed by atoms with van der Waals surface area (Å²) < 4.78 is 0. The van der Waals surface area contributed by atoms with E-state index < -0.39 is 11.9 Å². The number of nitrogens with one attached hydrogen (secondary N) is 2. The molecule has 0 fully saturated rings. The second-order valence-electron chi connectivity index (χ2n) is 4.72. The Bertz CT molecular complexity index is 275. The maximum atomic E-state index is 11.5. The number of carbonyl (C=O) groups is 2. The molecule has 0 aliphatic carbocycles. The van der Waals surface area contributed by atoms with E-state index in [4.69, 9.17) is 5.11 Å². The Kier molecular flexibility index (Phi) is 10.4. The van der Waals surface area contributed by atoms with Crippen molar-refractivity contribution in [2.75, 3.05) is 18.6 Å². The number of rotatable bonds is 10. The fourth-order valence-corrected chi connectivity index (χ4v) is 2.02. The fourth-order valence-electron chi connectivity index (χ4n) is 1.52. The highest BCUT2D eigenvalue weighted by Crippen LogP contribution is 2.04. The number of amides is 2. The molecule has 112 valence electrons. The highest BCUT2D eigenvalue weighted by molar-refractivity contribution is 7.98. The molecule has 2 unspecified atom stereocenters. The van der Waals surface area contributed by atoms with Gasteiger partial charge in [0.2, 0.25) is 0 Å². The lowest BCUT2D eigenvalue weighted by atomic mass is 10.0. The van der Waals surface area contributed by atoms with Crippen molar-refractivity contribution in [3.05, 3.63) is 0 Å². The number of urea groups is 1. The van der Waals surface area contributed by atoms with Crippen LogP contribution in [-0.4, -0.2) is 41.7 Å². The molecule has 3 N–H and O–H groups in total. The van der Waals surface area contributed by atoms with Gasteiger partial charge in [-0.2, -0.15) is 11.8 Å². The van der Waals surface area contributed by atoms with Crippen molar-refractivity contribution in [3.8, 4) is 0 Å². The summed E-state index contributed by atoms with van der Waals surface area (Å²) >= 11 is 1.85. The standard InChI is InChI=1S/C13H26N2O3S/c1-10(12(16)17)11(2)15-13(18)14-8-6-4-5-7-9-19-3/h10-11H,4-9H2,1-3H3,(H,16,17)(H2,14,15,18). The van der Waals surface area contributed by atoms with E-state index >= 15 is 0 Å². The molecule has 0 aliphatic rings. The zero-order valence-electron chi connectivity index (χ0n) is 12.1. The Morgan fingerprint density at radius 1 is 1.16 bits per heavy atom. The Morgan fingerprint density at radius 2 is 1.79 bits per heavy atom. The van der Waals surface area contributed by atoms with Gasteiger partial charge in [-0.15, -0.1) is 0 Å². The van der Waals surface area contributed by atoms with Crippen LogP contribution in [0.4, 0.5) is 4.79 Å². The fraction of sp³-hybridized carbons (Fsp3) is 0.846. The van der Waals surface area contributed by atoms with Crippen LogP contribution in [0.2, 0.25) is 0 Å². The average Bonchev–Trinajstić information content (AvgIpc) is 2.36. The Morgan fingerprint density at radius 3 is 2.37 bits per heavy atom. The third-order valence-corrected chi connectivity index (χ3v) is 3.76. The van der Waals surface area contributed by atoms with Crippen LogP contribution in [0, 0.1) is 5.92 Å². The molecule has 0 spiro atoms. The molecule has 2 amide bonds. The first-order valence-electron chi connectivity index (χ1n) is 6.75. The van der Waals surface area contributed by atoms with Crippen molar-refractivity contribution >= 4 is 23.8 Å². The van der Waals surface area contributed by atoms with Crippen LogP contribution in [0.3, 0.4) is 0 Å². The van der Waals surface area contributed by atoms with Gasteiger partial charge in [0, 0.05) is 12.6 Å². The molecule has 2 atom stereocenters. The molecule has 0 aromatic heterocycles. The second-order valence-corrected chi connectivity index (χ2v) is 5.71. The van der Waals surface area contributed by atoms with Gasteiger partial charge in [-0.25, -0.2) is 4.79 Å². The van der Waals surface area contributed by atoms with E-state index in [2.05, 4.69) is 16.9 Å². The van der Waals surface area contributed by atoms with Gasteiger partial charge in [0.05, 0.1) is 5.92 Å². The van der Waals surface area contributed by atoms with E-state index in [1.807, 2.05) is 11.8 Å². The summed E-state index contributed by atoms with van der Waals surface area (Å²) in [6, 6.07) is -0.663. The lowest BCUT2D eigenvalue weighted by molar-refractivity contribution is -0.141. The third-order valence-electron chi connectivity index (χ3n) is 3.06. The predicted octanol–water partition coefficient (Wildman–Crippen LogP) is 2.32. The van der Waals surface area contributed by atoms with Crippen LogP contribution >= 0.6 is 11.8 Å². The van der Waals surface area contributed by atoms with Gasteiger partial charge in [-0.1, -0.05) is 12.8 Å². The normalized spacial score (nSPS) is 13.6. The minimum Gasteiger partial charge on any atom is -0.481 e. The van der Waals surface area contributed by atoms with Gasteiger partial charge in [0.25, 0.3) is 0 Å². The van der Waals surface area contributed by atoms with Crippen molar-refractivity contribution < 1.29 is 14.7 Å². The summed E-state index contributed by atoms with van der Waals surface area (Å²) in [5, 5.41) is 14.2. The van der Waals surface area contributed by atoms with Gasteiger partial charge in [0.15, 0.2) is 0 Å². The minimum absolute atomic E-state index is 0.287. The number of hydrogen-bond donors (Lipinski definition) is 3. The summed E-state index contributed by atoms with van der Waals surface area (Å²) in [5.74, 6) is -0.294. The number of carboxylic acid groups (broad SMARTS) is 1. The molecule has 0 bridgehead atoms. The predicted molar refractivity (Wildman–Crippen MR) is 79.6 cm³/mol. The molecule has 0 saturated heterocycles. The molecular weight excluding hydrogens is 264 g/mol. The molecule has 0 aromatic rings. The van der Waals surface area contributed by atoms with Crippen LogP contribution in [0.15, 0.2) is 0 Å². The maximum Gasteiger partial charge on any atom is 0.315 e. The molecule has 0 radical (unpaired) electrons. The van der Waals surface area contributed by atoms with Crippen LogP contribution < -0.4 is 10.6 Å². The monoisotopic (exact) mass is 290 g/mol. The first-order chi connectivity index (χ1) is 8.99. The summed E-state index contributed by atoms with van der Waals surface area (Å²) in [4.78, 5) is 22.2. The Hall–Kier alpha value is -0.910. The van der Waals surface area contributed by atoms with Gasteiger partial charge < -0.3 is 15.7 Å². The minimum atomic E-state index is -0.901. The van der Waals surface area contributed by atoms with Gasteiger partial charge in [-0.3, -0.25) is 4.79 Å². The van der Waals surface area contributed by atoms with E-state index in [9.17, 15) is 9.59 Å². The number of carbonyl (C=O) groups excluding carboxylic acids is 1. The number of aliphatic carboxylic acids is 1. The lowest BCUT2D eigenvalue weighted by Gasteiger charge is -2.18. The van der Waals surface area contributed by atoms with E-state index in [-0.39, 0.29) is 12.1 Å². The Labute approximate surface area is 119 Å². The number of thioether (sulfide) groups is 1. The largest absolute Gasteiger partial charge is 0.481 e. The summed E-state index contributed by atoms with van der Waals surface area (Å²) in [6.45, 7) is 3.92. The maximum absolute atomic E-state index is 11.5. The van der Waals surface area contributed by atoms with Crippen molar-refractivity contribution in [2.45, 2.75) is 45.6 Å². The van der Waals surface area contributed by atoms with E-state index in [0.29, 0.717) is 6.54 Å². The second kappa shape index (κ2) is 11.0. The molecule has 6 heteroatoms. The van der Waals surface area contributed by atoms with Gasteiger partial charge in [0.1, 0.15) is 0 Å². The Balaban J connectivity index is 3.56. The van der Waals surface area contributed by atoms with Crippen molar-refractivity contribution in [3.63, 3.8) is 0 Å². The number of hydrogen-bond acceptors (Lipinski definition) is 3. The summed E-state index contributed by atoms with van der Waals surface area (Å²) in [7, 11) is 0. The van der Waals surface area contributed by atoms with Crippen LogP contribution in [0.1, 0.15) is 39.5 Å². The average molecular weight is 290 g/mol. The number of unbranched alkanes of at least 4 members (excludes halogenated alkanes) is 3. The molecular formula is C13H26N2O3S. The zero-order chi connectivity index (χ0) is 14.7. The molecule has 0 aromatic carbocycles. The number of carboxylic acids is 1.